The molecule has 0 saturated heterocycles. The van der Waals surface area contributed by atoms with E-state index in [1.54, 1.807) is 0 Å². The largest absolute Gasteiger partial charge is 1.00 e. The normalized spacial score (nSPS) is 11.0. The van der Waals surface area contributed by atoms with E-state index < -0.39 is 7.82 Å². The van der Waals surface area contributed by atoms with Crippen molar-refractivity contribution in [3.8, 4) is 0 Å². The first-order valence-corrected chi connectivity index (χ1v) is 7.51. The molecule has 0 aromatic heterocycles. The number of hydrogen-bond acceptors (Lipinski definition) is 4. The summed E-state index contributed by atoms with van der Waals surface area (Å²) in [6.45, 7) is 13.6. The molecular formula is C14H22Na3O4P. The van der Waals surface area contributed by atoms with Gasteiger partial charge in [-0.25, -0.2) is 0 Å². The number of hydrogen-bond donors (Lipinski definition) is 0. The molecule has 8 heteroatoms. The molecule has 0 N–H and O–H groups in total. The molecule has 0 amide bonds. The quantitative estimate of drug-likeness (QED) is 0.342. The van der Waals surface area contributed by atoms with Crippen molar-refractivity contribution in [1.29, 1.82) is 0 Å². The van der Waals surface area contributed by atoms with Crippen LogP contribution in [0.2, 0.25) is 0 Å². The van der Waals surface area contributed by atoms with Gasteiger partial charge in [-0.15, -0.1) is 0 Å². The maximum Gasteiger partial charge on any atom is 1.00 e. The van der Waals surface area contributed by atoms with Gasteiger partial charge in [0.25, 0.3) is 0 Å². The molecule has 0 aliphatic rings. The molecule has 0 aliphatic heterocycles. The van der Waals surface area contributed by atoms with Crippen LogP contribution >= 0.6 is 7.82 Å². The molecule has 0 spiro atoms. The third-order valence-electron chi connectivity index (χ3n) is 2.59. The molecule has 0 atom stereocenters. The fourth-order valence-corrected chi connectivity index (χ4v) is 1.45. The molecule has 1 rings (SSSR count). The van der Waals surface area contributed by atoms with Crippen LogP contribution in [0.15, 0.2) is 24.3 Å². The Bertz CT molecular complexity index is 424. The van der Waals surface area contributed by atoms with E-state index in [-0.39, 0.29) is 99.5 Å². The molecule has 0 bridgehead atoms. The summed E-state index contributed by atoms with van der Waals surface area (Å²) in [5, 5.41) is 0. The fourth-order valence-electron chi connectivity index (χ4n) is 1.45. The molecule has 0 fully saturated rings. The molecule has 1 aromatic rings. The molecular weight excluding hydrogens is 332 g/mol. The topological polar surface area (TPSA) is 86.2 Å². The van der Waals surface area contributed by atoms with Gasteiger partial charge in [0.1, 0.15) is 0 Å². The van der Waals surface area contributed by atoms with Crippen molar-refractivity contribution in [2.24, 2.45) is 0 Å². The minimum absolute atomic E-state index is 0. The third-order valence-corrected chi connectivity index (χ3v) is 2.59. The summed E-state index contributed by atoms with van der Waals surface area (Å²) in [6.07, 6.45) is 0. The predicted molar refractivity (Wildman–Crippen MR) is 71.4 cm³/mol. The average molecular weight is 354 g/mol. The first-order chi connectivity index (χ1) is 8.21. The maximum absolute atomic E-state index is 8.55. The van der Waals surface area contributed by atoms with Crippen molar-refractivity contribution < 1.29 is 108 Å². The first-order valence-electron chi connectivity index (χ1n) is 6.05. The molecule has 0 radical (unpaired) electrons. The minimum atomic E-state index is -5.39. The zero-order chi connectivity index (χ0) is 15.5. The van der Waals surface area contributed by atoms with Crippen molar-refractivity contribution in [2.75, 3.05) is 0 Å². The number of phosphoric acid groups is 1. The Hall–Kier alpha value is 2.33. The van der Waals surface area contributed by atoms with Crippen LogP contribution in [0, 0.1) is 0 Å². The molecule has 0 heterocycles. The molecule has 1 aromatic carbocycles. The van der Waals surface area contributed by atoms with Crippen molar-refractivity contribution in [1.82, 2.24) is 0 Å². The second-order valence-electron chi connectivity index (χ2n) is 6.53. The Kier molecular flexibility index (Phi) is 18.4. The van der Waals surface area contributed by atoms with Crippen molar-refractivity contribution in [2.45, 2.75) is 52.4 Å². The van der Waals surface area contributed by atoms with E-state index in [1.807, 2.05) is 0 Å². The second-order valence-corrected chi connectivity index (χ2v) is 7.42. The van der Waals surface area contributed by atoms with Crippen LogP contribution in [0.4, 0.5) is 0 Å². The van der Waals surface area contributed by atoms with Crippen molar-refractivity contribution in [3.05, 3.63) is 35.4 Å². The molecule has 0 unspecified atom stereocenters. The summed E-state index contributed by atoms with van der Waals surface area (Å²) in [6, 6.07) is 8.94. The molecule has 0 saturated carbocycles. The Labute approximate surface area is 201 Å². The maximum atomic E-state index is 8.55. The van der Waals surface area contributed by atoms with Gasteiger partial charge in [0.15, 0.2) is 0 Å². The third kappa shape index (κ3) is 17.2. The van der Waals surface area contributed by atoms with E-state index in [0.29, 0.717) is 0 Å². The van der Waals surface area contributed by atoms with Gasteiger partial charge in [-0.05, 0) is 22.0 Å². The van der Waals surface area contributed by atoms with Gasteiger partial charge in [-0.1, -0.05) is 65.8 Å². The summed E-state index contributed by atoms with van der Waals surface area (Å²) in [5.41, 5.74) is 3.34. The second kappa shape index (κ2) is 12.6. The molecule has 4 nitrogen and oxygen atoms in total. The monoisotopic (exact) mass is 354 g/mol. The SMILES string of the molecule is CC(C)(C)c1cccc(C(C)(C)C)c1.O=P([O-])([O-])[O-].[Na+].[Na+].[Na+]. The van der Waals surface area contributed by atoms with Crippen LogP contribution in [0.1, 0.15) is 52.7 Å². The molecule has 22 heavy (non-hydrogen) atoms. The smallest absolute Gasteiger partial charge is 0.822 e. The molecule has 110 valence electrons. The van der Waals surface area contributed by atoms with Gasteiger partial charge in [-0.2, -0.15) is 7.82 Å². The summed E-state index contributed by atoms with van der Waals surface area (Å²) in [4.78, 5) is 25.6. The van der Waals surface area contributed by atoms with E-state index in [2.05, 4.69) is 65.8 Å². The van der Waals surface area contributed by atoms with Crippen LogP contribution < -0.4 is 103 Å². The Morgan fingerprint density at radius 1 is 0.773 bits per heavy atom. The van der Waals surface area contributed by atoms with E-state index in [0.717, 1.165) is 0 Å². The van der Waals surface area contributed by atoms with Gasteiger partial charge in [-0.3, -0.25) is 0 Å². The van der Waals surface area contributed by atoms with Gasteiger partial charge in [0.2, 0.25) is 0 Å². The van der Waals surface area contributed by atoms with Crippen LogP contribution in [-0.2, 0) is 15.4 Å². The number of rotatable bonds is 0. The van der Waals surface area contributed by atoms with Crippen LogP contribution in [0.5, 0.6) is 0 Å². The van der Waals surface area contributed by atoms with Crippen molar-refractivity contribution in [3.63, 3.8) is 0 Å². The summed E-state index contributed by atoms with van der Waals surface area (Å²) in [5.74, 6) is 0. The van der Waals surface area contributed by atoms with E-state index in [9.17, 15) is 0 Å². The zero-order valence-electron chi connectivity index (χ0n) is 15.4. The summed E-state index contributed by atoms with van der Waals surface area (Å²) in [7, 11) is -5.39. The van der Waals surface area contributed by atoms with Gasteiger partial charge in [0, 0.05) is 0 Å². The van der Waals surface area contributed by atoms with E-state index >= 15 is 0 Å². The first kappa shape index (κ1) is 32.0. The predicted octanol–water partition coefficient (Wildman–Crippen LogP) is -7.53. The average Bonchev–Trinajstić information content (AvgIpc) is 2.12. The van der Waals surface area contributed by atoms with Crippen LogP contribution in [-0.4, -0.2) is 0 Å². The standard InChI is InChI=1S/C14H22.3Na.H3O4P/c1-13(2,3)11-8-7-9-12(10-11)14(4,5)6;;;;1-5(2,3)4/h7-10H,1-6H3;;;;(H3,1,2,3,4)/q;3*+1;/p-3. The minimum Gasteiger partial charge on any atom is -0.822 e. The summed E-state index contributed by atoms with van der Waals surface area (Å²) < 4.78 is 8.55. The van der Waals surface area contributed by atoms with E-state index in [1.165, 1.54) is 11.1 Å². The fraction of sp³-hybridized carbons (Fsp3) is 0.571. The van der Waals surface area contributed by atoms with Crippen molar-refractivity contribution >= 4 is 7.82 Å². The van der Waals surface area contributed by atoms with Crippen LogP contribution in [0.25, 0.3) is 0 Å². The zero-order valence-corrected chi connectivity index (χ0v) is 22.3. The Balaban J connectivity index is -0.000000179. The Morgan fingerprint density at radius 3 is 1.18 bits per heavy atom. The Morgan fingerprint density at radius 2 is 1.00 bits per heavy atom. The van der Waals surface area contributed by atoms with Gasteiger partial charge >= 0.3 is 88.7 Å². The number of benzene rings is 1. The summed E-state index contributed by atoms with van der Waals surface area (Å²) >= 11 is 0. The van der Waals surface area contributed by atoms with Crippen LogP contribution in [0.3, 0.4) is 0 Å². The van der Waals surface area contributed by atoms with Gasteiger partial charge < -0.3 is 19.2 Å². The molecule has 0 aliphatic carbocycles. The van der Waals surface area contributed by atoms with Gasteiger partial charge in [0.05, 0.1) is 0 Å². The van der Waals surface area contributed by atoms with E-state index in [4.69, 9.17) is 19.2 Å².